The molecule has 0 radical (unpaired) electrons. The number of hydrogen-bond acceptors (Lipinski definition) is 10. The average molecular weight is 809 g/mol. The standard InChI is InChI=1S/C47H44N4O9/c1-4-31-11-5-7-13-39(31)50-28-49-38-24-44(41(56-2)21-35(38)46(50)54)60-27-30-17-29(18-34(19-30)58-16-10-9-15-45(52)53)26-59-43-23-37-36(22-42(43)57-3)47(55)51-33(25-48-37)20-32-12-6-8-14-40(32)51/h5-8,11-14,17-19,21-25,28,33H,4,9-10,15-16,20,26-27H2,1-3H3,(H,52,53)/t33-/m0/s1. The number of carbonyl (C=O) groups excluding carboxylic acids is 1. The van der Waals surface area contributed by atoms with Crippen molar-refractivity contribution in [1.29, 1.82) is 0 Å². The highest BCUT2D eigenvalue weighted by Crippen LogP contribution is 2.41. The van der Waals surface area contributed by atoms with E-state index >= 15 is 0 Å². The monoisotopic (exact) mass is 808 g/mol. The van der Waals surface area contributed by atoms with Crippen LogP contribution in [0.2, 0.25) is 0 Å². The molecule has 60 heavy (non-hydrogen) atoms. The molecule has 0 fully saturated rings. The van der Waals surface area contributed by atoms with E-state index in [1.54, 1.807) is 33.7 Å². The van der Waals surface area contributed by atoms with Gasteiger partial charge >= 0.3 is 5.97 Å². The van der Waals surface area contributed by atoms with Gasteiger partial charge < -0.3 is 28.8 Å². The number of anilines is 1. The number of carboxylic acids is 1. The molecule has 1 amide bonds. The number of ether oxygens (including phenoxy) is 5. The number of aromatic nitrogens is 2. The summed E-state index contributed by atoms with van der Waals surface area (Å²) in [6.45, 7) is 2.57. The summed E-state index contributed by atoms with van der Waals surface area (Å²) in [7, 11) is 3.04. The van der Waals surface area contributed by atoms with Gasteiger partial charge in [-0.25, -0.2) is 4.98 Å². The van der Waals surface area contributed by atoms with Crippen molar-refractivity contribution in [1.82, 2.24) is 9.55 Å². The second-order valence-corrected chi connectivity index (χ2v) is 14.6. The Kier molecular flexibility index (Phi) is 11.5. The summed E-state index contributed by atoms with van der Waals surface area (Å²) >= 11 is 0. The molecule has 0 unspecified atom stereocenters. The third-order valence-corrected chi connectivity index (χ3v) is 10.7. The summed E-state index contributed by atoms with van der Waals surface area (Å²) in [5.41, 5.74) is 6.43. The van der Waals surface area contributed by atoms with E-state index in [9.17, 15) is 14.4 Å². The van der Waals surface area contributed by atoms with E-state index in [0.29, 0.717) is 76.8 Å². The van der Waals surface area contributed by atoms with E-state index in [4.69, 9.17) is 33.8 Å². The van der Waals surface area contributed by atoms with Gasteiger partial charge in [0.05, 0.1) is 54.7 Å². The summed E-state index contributed by atoms with van der Waals surface area (Å²) in [6.07, 6.45) is 5.88. The van der Waals surface area contributed by atoms with Crippen LogP contribution in [0.25, 0.3) is 16.6 Å². The van der Waals surface area contributed by atoms with E-state index in [1.807, 2.05) is 79.9 Å². The predicted octanol–water partition coefficient (Wildman–Crippen LogP) is 8.04. The molecule has 1 atom stereocenters. The first-order chi connectivity index (χ1) is 29.2. The molecule has 13 heteroatoms. The van der Waals surface area contributed by atoms with Crippen LogP contribution in [-0.4, -0.2) is 59.6 Å². The minimum atomic E-state index is -0.852. The van der Waals surface area contributed by atoms with Crippen LogP contribution < -0.4 is 34.1 Å². The fourth-order valence-corrected chi connectivity index (χ4v) is 7.68. The van der Waals surface area contributed by atoms with Crippen LogP contribution in [0.15, 0.2) is 107 Å². The lowest BCUT2D eigenvalue weighted by atomic mass is 10.1. The molecule has 8 rings (SSSR count). The van der Waals surface area contributed by atoms with Crippen molar-refractivity contribution in [2.24, 2.45) is 4.99 Å². The van der Waals surface area contributed by atoms with Crippen LogP contribution in [-0.2, 0) is 30.8 Å². The van der Waals surface area contributed by atoms with E-state index in [1.165, 1.54) is 20.5 Å². The number of aryl methyl sites for hydroxylation is 1. The van der Waals surface area contributed by atoms with E-state index in [2.05, 4.69) is 4.98 Å². The lowest BCUT2D eigenvalue weighted by Crippen LogP contribution is -2.37. The molecule has 306 valence electrons. The molecule has 0 spiro atoms. The maximum absolute atomic E-state index is 13.9. The van der Waals surface area contributed by atoms with Crippen molar-refractivity contribution in [2.75, 3.05) is 25.7 Å². The molecule has 0 saturated carbocycles. The Labute approximate surface area is 346 Å². The normalized spacial score (nSPS) is 13.9. The van der Waals surface area contributed by atoms with Crippen LogP contribution in [0.4, 0.5) is 11.4 Å². The summed E-state index contributed by atoms with van der Waals surface area (Å²) in [5, 5.41) is 9.45. The smallest absolute Gasteiger partial charge is 0.303 e. The van der Waals surface area contributed by atoms with Gasteiger partial charge in [-0.15, -0.1) is 0 Å². The number of methoxy groups -OCH3 is 2. The number of fused-ring (bicyclic) bond motifs is 5. The van der Waals surface area contributed by atoms with Crippen LogP contribution in [0.1, 0.15) is 58.8 Å². The molecule has 0 saturated heterocycles. The number of carbonyl (C=O) groups is 2. The summed E-state index contributed by atoms with van der Waals surface area (Å²) in [4.78, 5) is 49.8. The van der Waals surface area contributed by atoms with Crippen LogP contribution in [0.3, 0.4) is 0 Å². The number of benzene rings is 5. The second-order valence-electron chi connectivity index (χ2n) is 14.6. The highest BCUT2D eigenvalue weighted by atomic mass is 16.5. The number of para-hydroxylation sites is 2. The molecular formula is C47H44N4O9. The molecule has 0 bridgehead atoms. The summed E-state index contributed by atoms with van der Waals surface area (Å²) in [5.74, 6) is 1.11. The highest BCUT2D eigenvalue weighted by Gasteiger charge is 2.36. The maximum Gasteiger partial charge on any atom is 0.303 e. The molecule has 5 aromatic carbocycles. The van der Waals surface area contributed by atoms with Crippen molar-refractivity contribution in [3.63, 3.8) is 0 Å². The highest BCUT2D eigenvalue weighted by molar-refractivity contribution is 6.14. The Hall–Kier alpha value is -7.15. The first kappa shape index (κ1) is 39.7. The van der Waals surface area contributed by atoms with Crippen molar-refractivity contribution >= 4 is 40.4 Å². The number of unbranched alkanes of at least 4 members (excludes halogenated alkanes) is 1. The zero-order chi connectivity index (χ0) is 41.8. The fourth-order valence-electron chi connectivity index (χ4n) is 7.68. The van der Waals surface area contributed by atoms with Crippen LogP contribution in [0, 0.1) is 0 Å². The molecule has 0 aliphatic carbocycles. The van der Waals surface area contributed by atoms with Gasteiger partial charge in [0.25, 0.3) is 11.5 Å². The zero-order valence-corrected chi connectivity index (χ0v) is 33.6. The number of rotatable bonds is 16. The SMILES string of the molecule is CCc1ccccc1-n1cnc2cc(OCc3cc(COc4cc5c(cc4OC)C(=O)N4c6ccccc6C[C@H]4C=N5)cc(OCCCCC(=O)O)c3)c(OC)cc2c1=O. The van der Waals surface area contributed by atoms with Gasteiger partial charge in [-0.3, -0.25) is 28.8 Å². The van der Waals surface area contributed by atoms with Gasteiger partial charge in [-0.05, 0) is 84.0 Å². The van der Waals surface area contributed by atoms with Gasteiger partial charge in [0.15, 0.2) is 23.0 Å². The van der Waals surface area contributed by atoms with Crippen LogP contribution in [0.5, 0.6) is 28.7 Å². The first-order valence-corrected chi connectivity index (χ1v) is 19.8. The Morgan fingerprint density at radius 3 is 2.23 bits per heavy atom. The molecule has 1 N–H and O–H groups in total. The number of hydrogen-bond donors (Lipinski definition) is 1. The molecule has 3 heterocycles. The van der Waals surface area contributed by atoms with Gasteiger partial charge in [0.2, 0.25) is 0 Å². The van der Waals surface area contributed by atoms with Crippen LogP contribution >= 0.6 is 0 Å². The topological polar surface area (TPSA) is 151 Å². The predicted molar refractivity (Wildman–Crippen MR) is 227 cm³/mol. The zero-order valence-electron chi connectivity index (χ0n) is 33.6. The lowest BCUT2D eigenvalue weighted by molar-refractivity contribution is -0.137. The Morgan fingerprint density at radius 2 is 1.50 bits per heavy atom. The first-order valence-electron chi connectivity index (χ1n) is 19.8. The van der Waals surface area contributed by atoms with Gasteiger partial charge in [-0.2, -0.15) is 0 Å². The largest absolute Gasteiger partial charge is 0.494 e. The molecule has 13 nitrogen and oxygen atoms in total. The van der Waals surface area contributed by atoms with Gasteiger partial charge in [0.1, 0.15) is 25.3 Å². The fraction of sp³-hybridized carbons (Fsp3) is 0.255. The summed E-state index contributed by atoms with van der Waals surface area (Å²) in [6, 6.07) is 27.8. The van der Waals surface area contributed by atoms with E-state index in [0.717, 1.165) is 40.0 Å². The molecule has 1 aromatic heterocycles. The lowest BCUT2D eigenvalue weighted by Gasteiger charge is -2.22. The van der Waals surface area contributed by atoms with E-state index in [-0.39, 0.29) is 37.1 Å². The quantitative estimate of drug-likeness (QED) is 0.0952. The minimum absolute atomic E-state index is 0.0584. The number of aliphatic imine (C=N–C) groups is 1. The molecule has 2 aliphatic rings. The maximum atomic E-state index is 13.9. The second kappa shape index (κ2) is 17.4. The molecule has 2 aliphatic heterocycles. The van der Waals surface area contributed by atoms with Gasteiger partial charge in [-0.1, -0.05) is 43.3 Å². The van der Waals surface area contributed by atoms with Gasteiger partial charge in [0, 0.05) is 36.9 Å². The number of aliphatic carboxylic acids is 1. The minimum Gasteiger partial charge on any atom is -0.494 e. The summed E-state index contributed by atoms with van der Waals surface area (Å²) < 4.78 is 31.7. The average Bonchev–Trinajstić information content (AvgIpc) is 3.58. The van der Waals surface area contributed by atoms with Crippen molar-refractivity contribution in [2.45, 2.75) is 58.3 Å². The van der Waals surface area contributed by atoms with Crippen molar-refractivity contribution < 1.29 is 38.4 Å². The Bertz CT molecular complexity index is 2690. The Balaban J connectivity index is 1.04. The van der Waals surface area contributed by atoms with E-state index < -0.39 is 5.97 Å². The number of amides is 1. The third kappa shape index (κ3) is 8.11. The van der Waals surface area contributed by atoms with Crippen molar-refractivity contribution in [3.8, 4) is 34.4 Å². The Morgan fingerprint density at radius 1 is 0.800 bits per heavy atom. The molecule has 6 aromatic rings. The third-order valence-electron chi connectivity index (χ3n) is 10.7. The number of nitrogens with zero attached hydrogens (tertiary/aromatic N) is 4. The number of carboxylic acid groups (broad SMARTS) is 1. The van der Waals surface area contributed by atoms with Crippen molar-refractivity contribution in [3.05, 3.63) is 135 Å². The molecular weight excluding hydrogens is 765 g/mol.